The summed E-state index contributed by atoms with van der Waals surface area (Å²) >= 11 is 0. The molecule has 1 nitrogen and oxygen atoms in total. The summed E-state index contributed by atoms with van der Waals surface area (Å²) in [5.41, 5.74) is 0. The Hall–Kier alpha value is -0.330. The first kappa shape index (κ1) is 8.67. The van der Waals surface area contributed by atoms with Gasteiger partial charge in [0, 0.05) is 0 Å². The lowest BCUT2D eigenvalue weighted by atomic mass is 10.1. The van der Waals surface area contributed by atoms with Gasteiger partial charge in [0.25, 0.3) is 0 Å². The van der Waals surface area contributed by atoms with E-state index in [2.05, 4.69) is 13.1 Å². The van der Waals surface area contributed by atoms with Crippen LogP contribution in [0.2, 0.25) is 0 Å². The molecule has 0 spiro atoms. The van der Waals surface area contributed by atoms with E-state index in [9.17, 15) is 0 Å². The fourth-order valence-corrected chi connectivity index (χ4v) is 0.744. The van der Waals surface area contributed by atoms with E-state index < -0.39 is 0 Å². The summed E-state index contributed by atoms with van der Waals surface area (Å²) in [6.45, 7) is 3.75. The SMILES string of the molecule is [CH2]CCCCCC[C]=N. The molecule has 0 heterocycles. The van der Waals surface area contributed by atoms with Crippen LogP contribution in [0.3, 0.4) is 0 Å². The van der Waals surface area contributed by atoms with E-state index >= 15 is 0 Å². The topological polar surface area (TPSA) is 23.9 Å². The number of rotatable bonds is 6. The van der Waals surface area contributed by atoms with Crippen molar-refractivity contribution in [1.29, 1.82) is 5.41 Å². The van der Waals surface area contributed by atoms with Gasteiger partial charge < -0.3 is 5.41 Å². The molecule has 52 valence electrons. The normalized spacial score (nSPS) is 9.44. The molecule has 0 aliphatic rings. The molecule has 0 fully saturated rings. The highest BCUT2D eigenvalue weighted by molar-refractivity contribution is 5.52. The van der Waals surface area contributed by atoms with E-state index in [0.717, 1.165) is 19.3 Å². The first-order valence-corrected chi connectivity index (χ1v) is 3.60. The van der Waals surface area contributed by atoms with Crippen LogP contribution in [0.4, 0.5) is 0 Å². The van der Waals surface area contributed by atoms with E-state index in [1.807, 2.05) is 0 Å². The monoisotopic (exact) mass is 125 g/mol. The fraction of sp³-hybridized carbons (Fsp3) is 0.750. The van der Waals surface area contributed by atoms with Crippen LogP contribution in [0, 0.1) is 12.3 Å². The zero-order valence-electron chi connectivity index (χ0n) is 5.95. The molecule has 0 bridgehead atoms. The van der Waals surface area contributed by atoms with Crippen LogP contribution in [-0.2, 0) is 0 Å². The predicted octanol–water partition coefficient (Wildman–Crippen LogP) is 2.69. The van der Waals surface area contributed by atoms with Crippen LogP contribution in [0.1, 0.15) is 38.5 Å². The van der Waals surface area contributed by atoms with E-state index in [4.69, 9.17) is 5.41 Å². The maximum atomic E-state index is 6.62. The molecule has 0 rings (SSSR count). The van der Waals surface area contributed by atoms with E-state index in [-0.39, 0.29) is 0 Å². The van der Waals surface area contributed by atoms with Crippen molar-refractivity contribution in [2.24, 2.45) is 0 Å². The zero-order valence-corrected chi connectivity index (χ0v) is 5.95. The van der Waals surface area contributed by atoms with Crippen molar-refractivity contribution < 1.29 is 0 Å². The summed E-state index contributed by atoms with van der Waals surface area (Å²) in [5, 5.41) is 6.62. The third-order valence-corrected chi connectivity index (χ3v) is 1.30. The van der Waals surface area contributed by atoms with Gasteiger partial charge in [-0.15, -0.1) is 0 Å². The second kappa shape index (κ2) is 7.67. The molecule has 1 heteroatoms. The van der Waals surface area contributed by atoms with E-state index in [1.54, 1.807) is 0 Å². The van der Waals surface area contributed by atoms with Crippen molar-refractivity contribution in [3.05, 3.63) is 6.92 Å². The molecule has 2 radical (unpaired) electrons. The molecule has 0 aromatic rings. The molecule has 0 unspecified atom stereocenters. The molecule has 1 N–H and O–H groups in total. The molecule has 0 atom stereocenters. The summed E-state index contributed by atoms with van der Waals surface area (Å²) in [5.74, 6) is 0. The maximum absolute atomic E-state index is 6.62. The van der Waals surface area contributed by atoms with Crippen LogP contribution in [-0.4, -0.2) is 6.21 Å². The number of unbranched alkanes of at least 4 members (excludes halogenated alkanes) is 5. The minimum atomic E-state index is 0.830. The third kappa shape index (κ3) is 7.67. The number of nitrogens with one attached hydrogen (secondary N) is 1. The van der Waals surface area contributed by atoms with Gasteiger partial charge in [-0.3, -0.25) is 0 Å². The highest BCUT2D eigenvalue weighted by Gasteiger charge is 1.85. The van der Waals surface area contributed by atoms with Crippen LogP contribution in [0.5, 0.6) is 0 Å². The van der Waals surface area contributed by atoms with Gasteiger partial charge in [-0.25, -0.2) is 0 Å². The van der Waals surface area contributed by atoms with E-state index in [1.165, 1.54) is 19.3 Å². The van der Waals surface area contributed by atoms with Gasteiger partial charge >= 0.3 is 0 Å². The molecule has 0 saturated heterocycles. The molecule has 0 aliphatic carbocycles. The van der Waals surface area contributed by atoms with E-state index in [0.29, 0.717) is 0 Å². The summed E-state index contributed by atoms with van der Waals surface area (Å²) < 4.78 is 0. The quantitative estimate of drug-likeness (QED) is 0.417. The standard InChI is InChI=1S/C8H15N/c1-2-3-4-5-6-7-8-9/h9H,1-7H2. The van der Waals surface area contributed by atoms with Gasteiger partial charge in [0.15, 0.2) is 0 Å². The Morgan fingerprint density at radius 3 is 2.33 bits per heavy atom. The highest BCUT2D eigenvalue weighted by atomic mass is 14.3. The van der Waals surface area contributed by atoms with Crippen molar-refractivity contribution in [3.63, 3.8) is 0 Å². The third-order valence-electron chi connectivity index (χ3n) is 1.30. The van der Waals surface area contributed by atoms with Crippen molar-refractivity contribution in [3.8, 4) is 0 Å². The Labute approximate surface area is 58.0 Å². The second-order valence-electron chi connectivity index (χ2n) is 2.19. The van der Waals surface area contributed by atoms with Gasteiger partial charge in [-0.05, 0) is 12.8 Å². The molecule has 0 amide bonds. The number of hydrogen-bond acceptors (Lipinski definition) is 1. The molecule has 0 saturated carbocycles. The van der Waals surface area contributed by atoms with Gasteiger partial charge in [-0.2, -0.15) is 0 Å². The van der Waals surface area contributed by atoms with Gasteiger partial charge in [-0.1, -0.05) is 32.6 Å². The minimum absolute atomic E-state index is 0.830. The van der Waals surface area contributed by atoms with Crippen LogP contribution in [0.25, 0.3) is 0 Å². The first-order chi connectivity index (χ1) is 4.41. The Balaban J connectivity index is 2.66. The predicted molar refractivity (Wildman–Crippen MR) is 40.8 cm³/mol. The van der Waals surface area contributed by atoms with Gasteiger partial charge in [0.05, 0.1) is 6.21 Å². The lowest BCUT2D eigenvalue weighted by Crippen LogP contribution is -1.77. The van der Waals surface area contributed by atoms with Crippen molar-refractivity contribution in [2.45, 2.75) is 38.5 Å². The molecule has 9 heavy (non-hydrogen) atoms. The number of hydrogen-bond donors (Lipinski definition) is 1. The Bertz CT molecular complexity index is 59.6. The highest BCUT2D eigenvalue weighted by Crippen LogP contribution is 2.02. The van der Waals surface area contributed by atoms with Gasteiger partial charge in [0.1, 0.15) is 0 Å². The lowest BCUT2D eigenvalue weighted by Gasteiger charge is -1.93. The fourth-order valence-electron chi connectivity index (χ4n) is 0.744. The Morgan fingerprint density at radius 2 is 1.78 bits per heavy atom. The average molecular weight is 125 g/mol. The molecule has 0 aromatic heterocycles. The largest absolute Gasteiger partial charge is 0.303 e. The molecule has 0 aromatic carbocycles. The molecular formula is C8H15N. The minimum Gasteiger partial charge on any atom is -0.303 e. The molecule has 0 aliphatic heterocycles. The van der Waals surface area contributed by atoms with Crippen molar-refractivity contribution >= 4 is 6.21 Å². The summed E-state index contributed by atoms with van der Waals surface area (Å²) in [4.78, 5) is 0. The van der Waals surface area contributed by atoms with Crippen molar-refractivity contribution in [1.82, 2.24) is 0 Å². The summed E-state index contributed by atoms with van der Waals surface area (Å²) in [7, 11) is 0. The molecular weight excluding hydrogens is 110 g/mol. The first-order valence-electron chi connectivity index (χ1n) is 3.60. The summed E-state index contributed by atoms with van der Waals surface area (Å²) in [6, 6.07) is 0. The maximum Gasteiger partial charge on any atom is 0.0521 e. The zero-order chi connectivity index (χ0) is 6.95. The Morgan fingerprint density at radius 1 is 1.11 bits per heavy atom. The lowest BCUT2D eigenvalue weighted by molar-refractivity contribution is 0.660. The summed E-state index contributed by atoms with van der Waals surface area (Å²) in [6.07, 6.45) is 9.13. The second-order valence-corrected chi connectivity index (χ2v) is 2.19. The van der Waals surface area contributed by atoms with Gasteiger partial charge in [0.2, 0.25) is 0 Å². The average Bonchev–Trinajstić information content (AvgIpc) is 1.89. The van der Waals surface area contributed by atoms with Crippen LogP contribution >= 0.6 is 0 Å². The Kier molecular flexibility index (Phi) is 7.39. The van der Waals surface area contributed by atoms with Crippen LogP contribution in [0.15, 0.2) is 0 Å². The van der Waals surface area contributed by atoms with Crippen LogP contribution < -0.4 is 0 Å². The van der Waals surface area contributed by atoms with Crippen molar-refractivity contribution in [2.75, 3.05) is 0 Å². The smallest absolute Gasteiger partial charge is 0.0521 e.